The molecule has 0 radical (unpaired) electrons. The minimum absolute atomic E-state index is 0.262. The van der Waals surface area contributed by atoms with Crippen molar-refractivity contribution in [3.05, 3.63) is 102 Å². The summed E-state index contributed by atoms with van der Waals surface area (Å²) in [4.78, 5) is 18.9. The second-order valence-corrected chi connectivity index (χ2v) is 8.77. The van der Waals surface area contributed by atoms with E-state index in [4.69, 9.17) is 26.4 Å². The predicted octanol–water partition coefficient (Wildman–Crippen LogP) is 4.85. The molecule has 1 fully saturated rings. The number of aromatic nitrogens is 2. The fourth-order valence-corrected chi connectivity index (χ4v) is 5.01. The summed E-state index contributed by atoms with van der Waals surface area (Å²) in [5, 5.41) is 4.01. The van der Waals surface area contributed by atoms with Gasteiger partial charge in [0.15, 0.2) is 5.11 Å². The lowest BCUT2D eigenvalue weighted by molar-refractivity contribution is 0.0600. The van der Waals surface area contributed by atoms with Crippen molar-refractivity contribution in [2.45, 2.75) is 12.1 Å². The molecule has 3 heterocycles. The fraction of sp³-hybridized carbons (Fsp3) is 0.179. The third-order valence-corrected chi connectivity index (χ3v) is 6.69. The van der Waals surface area contributed by atoms with Gasteiger partial charge >= 0.3 is 5.97 Å². The summed E-state index contributed by atoms with van der Waals surface area (Å²) in [5.74, 6) is 0.940. The van der Waals surface area contributed by atoms with Gasteiger partial charge < -0.3 is 29.0 Å². The summed E-state index contributed by atoms with van der Waals surface area (Å²) in [6, 6.07) is 22.2. The normalized spacial score (nSPS) is 16.8. The smallest absolute Gasteiger partial charge is 0.337 e. The van der Waals surface area contributed by atoms with E-state index in [1.807, 2.05) is 82.4 Å². The first-order valence-electron chi connectivity index (χ1n) is 11.6. The van der Waals surface area contributed by atoms with Gasteiger partial charge in [-0.25, -0.2) is 4.79 Å². The molecule has 1 saturated heterocycles. The molecule has 0 aliphatic carbocycles. The van der Waals surface area contributed by atoms with Crippen LogP contribution in [-0.4, -0.2) is 42.0 Å². The van der Waals surface area contributed by atoms with E-state index in [-0.39, 0.29) is 12.1 Å². The molecule has 0 bridgehead atoms. The van der Waals surface area contributed by atoms with Crippen molar-refractivity contribution in [3.8, 4) is 17.2 Å². The summed E-state index contributed by atoms with van der Waals surface area (Å²) >= 11 is 5.89. The van der Waals surface area contributed by atoms with Crippen LogP contribution in [-0.2, 0) is 4.74 Å². The summed E-state index contributed by atoms with van der Waals surface area (Å²) in [6.07, 6.45) is 3.73. The molecule has 0 amide bonds. The number of anilines is 1. The van der Waals surface area contributed by atoms with E-state index in [0.29, 0.717) is 22.2 Å². The van der Waals surface area contributed by atoms with Crippen molar-refractivity contribution in [2.24, 2.45) is 0 Å². The number of esters is 1. The lowest BCUT2D eigenvalue weighted by Crippen LogP contribution is -2.30. The molecule has 1 N–H and O–H groups in total. The maximum Gasteiger partial charge on any atom is 0.337 e. The Morgan fingerprint density at radius 3 is 2.57 bits per heavy atom. The molecule has 1 aliphatic heterocycles. The van der Waals surface area contributed by atoms with Gasteiger partial charge in [-0.1, -0.05) is 12.1 Å². The Balaban J connectivity index is 1.69. The number of rotatable bonds is 7. The molecular formula is C28H26N4O4S. The Hall–Kier alpha value is -4.37. The lowest BCUT2D eigenvalue weighted by Gasteiger charge is -2.30. The minimum atomic E-state index is -0.395. The predicted molar refractivity (Wildman–Crippen MR) is 145 cm³/mol. The molecule has 2 aromatic heterocycles. The molecule has 5 rings (SSSR count). The highest BCUT2D eigenvalue weighted by Gasteiger charge is 2.43. The van der Waals surface area contributed by atoms with Gasteiger partial charge in [0, 0.05) is 29.8 Å². The zero-order valence-electron chi connectivity index (χ0n) is 20.6. The van der Waals surface area contributed by atoms with Crippen molar-refractivity contribution < 1.29 is 19.0 Å². The van der Waals surface area contributed by atoms with Crippen LogP contribution in [0, 0.1) is 0 Å². The molecule has 188 valence electrons. The van der Waals surface area contributed by atoms with E-state index in [2.05, 4.69) is 10.3 Å². The van der Waals surface area contributed by atoms with E-state index in [1.165, 1.54) is 7.11 Å². The van der Waals surface area contributed by atoms with Gasteiger partial charge in [0.25, 0.3) is 0 Å². The SMILES string of the molecule is COC(=O)c1cccc(-n2cccc2[C@@H]2[C@@H](c3ccccn3)NC(=S)N2c2cc(OC)ccc2OC)c1. The number of hydrogen-bond acceptors (Lipinski definition) is 6. The highest BCUT2D eigenvalue weighted by atomic mass is 32.1. The van der Waals surface area contributed by atoms with Crippen molar-refractivity contribution in [1.82, 2.24) is 14.9 Å². The Labute approximate surface area is 220 Å². The molecule has 0 spiro atoms. The number of ether oxygens (including phenoxy) is 3. The van der Waals surface area contributed by atoms with Crippen LogP contribution in [0.3, 0.4) is 0 Å². The summed E-state index contributed by atoms with van der Waals surface area (Å²) in [6.45, 7) is 0. The van der Waals surface area contributed by atoms with Crippen LogP contribution < -0.4 is 19.7 Å². The monoisotopic (exact) mass is 514 g/mol. The second kappa shape index (κ2) is 10.3. The van der Waals surface area contributed by atoms with E-state index in [9.17, 15) is 4.79 Å². The summed E-state index contributed by atoms with van der Waals surface area (Å²) < 4.78 is 18.2. The van der Waals surface area contributed by atoms with Crippen LogP contribution >= 0.6 is 12.2 Å². The largest absolute Gasteiger partial charge is 0.497 e. The van der Waals surface area contributed by atoms with Crippen LogP contribution in [0.1, 0.15) is 33.8 Å². The molecule has 2 aromatic carbocycles. The first-order valence-corrected chi connectivity index (χ1v) is 12.0. The van der Waals surface area contributed by atoms with Gasteiger partial charge in [-0.2, -0.15) is 0 Å². The van der Waals surface area contributed by atoms with E-state index >= 15 is 0 Å². The Morgan fingerprint density at radius 2 is 1.84 bits per heavy atom. The van der Waals surface area contributed by atoms with E-state index in [0.717, 1.165) is 22.8 Å². The Bertz CT molecular complexity index is 1440. The van der Waals surface area contributed by atoms with E-state index in [1.54, 1.807) is 26.5 Å². The summed E-state index contributed by atoms with van der Waals surface area (Å²) in [5.41, 5.74) is 3.83. The van der Waals surface area contributed by atoms with Crippen LogP contribution in [0.4, 0.5) is 5.69 Å². The molecule has 0 saturated carbocycles. The van der Waals surface area contributed by atoms with Crippen molar-refractivity contribution >= 4 is 29.0 Å². The molecule has 1 aliphatic rings. The molecule has 4 aromatic rings. The average Bonchev–Trinajstić information content (AvgIpc) is 3.57. The number of carbonyl (C=O) groups is 1. The average molecular weight is 515 g/mol. The third kappa shape index (κ3) is 4.49. The van der Waals surface area contributed by atoms with Gasteiger partial charge in [-0.15, -0.1) is 0 Å². The zero-order valence-corrected chi connectivity index (χ0v) is 21.4. The van der Waals surface area contributed by atoms with Crippen molar-refractivity contribution in [1.29, 1.82) is 0 Å². The molecule has 37 heavy (non-hydrogen) atoms. The van der Waals surface area contributed by atoms with Crippen LogP contribution in [0.15, 0.2) is 85.2 Å². The van der Waals surface area contributed by atoms with Crippen LogP contribution in [0.5, 0.6) is 11.5 Å². The first kappa shape index (κ1) is 24.3. The third-order valence-electron chi connectivity index (χ3n) is 6.37. The standard InChI is InChI=1S/C28H26N4O4S/c1-34-20-12-13-24(35-2)23(17-20)32-26(25(30-28(32)37)21-10-4-5-14-29-21)22-11-7-15-31(22)19-9-6-8-18(16-19)27(33)36-3/h4-17,25-26H,1-3H3,(H,30,37)/t25-,26-/m1/s1. The molecule has 8 nitrogen and oxygen atoms in total. The minimum Gasteiger partial charge on any atom is -0.497 e. The second-order valence-electron chi connectivity index (χ2n) is 8.38. The van der Waals surface area contributed by atoms with Crippen molar-refractivity contribution in [2.75, 3.05) is 26.2 Å². The highest BCUT2D eigenvalue weighted by Crippen LogP contribution is 2.46. The number of carbonyl (C=O) groups excluding carboxylic acids is 1. The molecular weight excluding hydrogens is 488 g/mol. The number of pyridine rings is 1. The van der Waals surface area contributed by atoms with Crippen LogP contribution in [0.2, 0.25) is 0 Å². The van der Waals surface area contributed by atoms with Crippen molar-refractivity contribution in [3.63, 3.8) is 0 Å². The Morgan fingerprint density at radius 1 is 0.973 bits per heavy atom. The topological polar surface area (TPSA) is 77.9 Å². The molecule has 9 heteroatoms. The maximum absolute atomic E-state index is 12.2. The maximum atomic E-state index is 12.2. The van der Waals surface area contributed by atoms with E-state index < -0.39 is 5.97 Å². The highest BCUT2D eigenvalue weighted by molar-refractivity contribution is 7.80. The van der Waals surface area contributed by atoms with Gasteiger partial charge in [-0.05, 0) is 66.8 Å². The lowest BCUT2D eigenvalue weighted by atomic mass is 10.0. The van der Waals surface area contributed by atoms with Gasteiger partial charge in [-0.3, -0.25) is 4.98 Å². The molecule has 0 unspecified atom stereocenters. The number of methoxy groups -OCH3 is 3. The number of benzene rings is 2. The number of thiocarbonyl (C=S) groups is 1. The zero-order chi connectivity index (χ0) is 25.9. The first-order chi connectivity index (χ1) is 18.0. The number of hydrogen-bond donors (Lipinski definition) is 1. The van der Waals surface area contributed by atoms with Gasteiger partial charge in [0.05, 0.1) is 44.3 Å². The quantitative estimate of drug-likeness (QED) is 0.277. The van der Waals surface area contributed by atoms with Gasteiger partial charge in [0.1, 0.15) is 17.5 Å². The Kier molecular flexibility index (Phi) is 6.78. The number of nitrogens with one attached hydrogen (secondary N) is 1. The summed E-state index contributed by atoms with van der Waals surface area (Å²) in [7, 11) is 4.63. The molecule has 2 atom stereocenters. The van der Waals surface area contributed by atoms with Crippen LogP contribution in [0.25, 0.3) is 5.69 Å². The fourth-order valence-electron chi connectivity index (χ4n) is 4.67. The number of nitrogens with zero attached hydrogens (tertiary/aromatic N) is 3. The van der Waals surface area contributed by atoms with Gasteiger partial charge in [0.2, 0.25) is 0 Å².